The number of nitrogens with two attached hydrogens (primary N) is 1. The molecule has 1 amide bonds. The quantitative estimate of drug-likeness (QED) is 0.765. The van der Waals surface area contributed by atoms with Gasteiger partial charge in [0.15, 0.2) is 0 Å². The topological polar surface area (TPSA) is 64.3 Å². The average Bonchev–Trinajstić information content (AvgIpc) is 2.05. The largest absolute Gasteiger partial charge is 0.444 e. The summed E-state index contributed by atoms with van der Waals surface area (Å²) >= 11 is 0. The van der Waals surface area contributed by atoms with Crippen LogP contribution in [-0.4, -0.2) is 23.3 Å². The van der Waals surface area contributed by atoms with Crippen molar-refractivity contribution in [2.24, 2.45) is 5.73 Å². The lowest BCUT2D eigenvalue weighted by molar-refractivity contribution is 0.0485. The van der Waals surface area contributed by atoms with E-state index in [1.165, 1.54) is 0 Å². The molecular weight excluding hydrogens is 240 g/mol. The second-order valence-electron chi connectivity index (χ2n) is 6.07. The Balaban J connectivity index is 0.00000256. The molecule has 0 bridgehead atoms. The van der Waals surface area contributed by atoms with Crippen molar-refractivity contribution in [1.29, 1.82) is 0 Å². The standard InChI is InChI=1S/C12H24N2O2.ClH/c1-11(2,3)16-10(15)14-9-5-7-12(4,13)8-6-9;/h9H,5-8,13H2,1-4H3,(H,14,15);1H. The SMILES string of the molecule is CC1(N)CCC(NC(=O)OC(C)(C)C)CC1.Cl. The summed E-state index contributed by atoms with van der Waals surface area (Å²) < 4.78 is 5.21. The molecule has 1 aliphatic rings. The summed E-state index contributed by atoms with van der Waals surface area (Å²) in [5.41, 5.74) is 5.54. The third-order valence-electron chi connectivity index (χ3n) is 2.85. The highest BCUT2D eigenvalue weighted by molar-refractivity contribution is 5.85. The molecule has 0 spiro atoms. The van der Waals surface area contributed by atoms with Crippen LogP contribution < -0.4 is 11.1 Å². The van der Waals surface area contributed by atoms with E-state index in [4.69, 9.17) is 10.5 Å². The molecule has 17 heavy (non-hydrogen) atoms. The Bertz CT molecular complexity index is 252. The summed E-state index contributed by atoms with van der Waals surface area (Å²) in [6.07, 6.45) is 3.46. The number of halogens is 1. The van der Waals surface area contributed by atoms with Crippen LogP contribution in [0.5, 0.6) is 0 Å². The van der Waals surface area contributed by atoms with E-state index < -0.39 is 5.60 Å². The number of alkyl carbamates (subject to hydrolysis) is 1. The summed E-state index contributed by atoms with van der Waals surface area (Å²) in [4.78, 5) is 11.5. The molecule has 0 saturated heterocycles. The number of rotatable bonds is 1. The summed E-state index contributed by atoms with van der Waals surface area (Å²) in [7, 11) is 0. The van der Waals surface area contributed by atoms with Gasteiger partial charge in [-0.25, -0.2) is 4.79 Å². The molecule has 1 aliphatic carbocycles. The first-order valence-corrected chi connectivity index (χ1v) is 5.96. The molecule has 3 N–H and O–H groups in total. The van der Waals surface area contributed by atoms with E-state index in [1.807, 2.05) is 20.8 Å². The van der Waals surface area contributed by atoms with Gasteiger partial charge in [0.05, 0.1) is 0 Å². The fourth-order valence-electron chi connectivity index (χ4n) is 1.90. The number of carbonyl (C=O) groups excluding carboxylic acids is 1. The van der Waals surface area contributed by atoms with Crippen LogP contribution >= 0.6 is 12.4 Å². The molecule has 1 saturated carbocycles. The van der Waals surface area contributed by atoms with E-state index in [1.54, 1.807) is 0 Å². The summed E-state index contributed by atoms with van der Waals surface area (Å²) in [5.74, 6) is 0. The van der Waals surface area contributed by atoms with Gasteiger partial charge in [-0.05, 0) is 53.4 Å². The van der Waals surface area contributed by atoms with Gasteiger partial charge < -0.3 is 15.8 Å². The zero-order valence-corrected chi connectivity index (χ0v) is 12.0. The third-order valence-corrected chi connectivity index (χ3v) is 2.85. The first kappa shape index (κ1) is 16.5. The normalized spacial score (nSPS) is 29.1. The predicted octanol–water partition coefficient (Wildman–Crippen LogP) is 2.59. The van der Waals surface area contributed by atoms with E-state index in [0.717, 1.165) is 25.7 Å². The molecular formula is C12H25ClN2O2. The van der Waals surface area contributed by atoms with E-state index in [9.17, 15) is 4.79 Å². The lowest BCUT2D eigenvalue weighted by Gasteiger charge is -2.34. The first-order valence-electron chi connectivity index (χ1n) is 5.96. The molecule has 0 unspecified atom stereocenters. The lowest BCUT2D eigenvalue weighted by Crippen LogP contribution is -2.47. The number of hydrogen-bond acceptors (Lipinski definition) is 3. The van der Waals surface area contributed by atoms with Crippen LogP contribution in [-0.2, 0) is 4.74 Å². The highest BCUT2D eigenvalue weighted by Crippen LogP contribution is 2.25. The number of amides is 1. The van der Waals surface area contributed by atoms with Crippen molar-refractivity contribution in [3.63, 3.8) is 0 Å². The Morgan fingerprint density at radius 2 is 1.82 bits per heavy atom. The van der Waals surface area contributed by atoms with E-state index >= 15 is 0 Å². The Hall–Kier alpha value is -0.480. The van der Waals surface area contributed by atoms with Crippen molar-refractivity contribution >= 4 is 18.5 Å². The molecule has 0 aromatic carbocycles. The minimum atomic E-state index is -0.429. The van der Waals surface area contributed by atoms with Crippen molar-refractivity contribution in [3.05, 3.63) is 0 Å². The monoisotopic (exact) mass is 264 g/mol. The maximum atomic E-state index is 11.5. The molecule has 1 rings (SSSR count). The van der Waals surface area contributed by atoms with Crippen LogP contribution in [0.15, 0.2) is 0 Å². The van der Waals surface area contributed by atoms with Crippen LogP contribution in [0.25, 0.3) is 0 Å². The predicted molar refractivity (Wildman–Crippen MR) is 71.5 cm³/mol. The van der Waals surface area contributed by atoms with Crippen molar-refractivity contribution in [2.75, 3.05) is 0 Å². The Morgan fingerprint density at radius 3 is 2.24 bits per heavy atom. The van der Waals surface area contributed by atoms with Crippen LogP contribution in [0.4, 0.5) is 4.79 Å². The number of hydrogen-bond donors (Lipinski definition) is 2. The van der Waals surface area contributed by atoms with Gasteiger partial charge in [0.25, 0.3) is 0 Å². The van der Waals surface area contributed by atoms with Crippen molar-refractivity contribution in [2.45, 2.75) is 70.6 Å². The zero-order valence-electron chi connectivity index (χ0n) is 11.2. The second kappa shape index (κ2) is 5.91. The van der Waals surface area contributed by atoms with Gasteiger partial charge in [-0.2, -0.15) is 0 Å². The maximum absolute atomic E-state index is 11.5. The smallest absolute Gasteiger partial charge is 0.407 e. The lowest BCUT2D eigenvalue weighted by atomic mass is 9.82. The van der Waals surface area contributed by atoms with Crippen LogP contribution in [0, 0.1) is 0 Å². The van der Waals surface area contributed by atoms with Gasteiger partial charge in [0.1, 0.15) is 5.60 Å². The van der Waals surface area contributed by atoms with Crippen molar-refractivity contribution in [3.8, 4) is 0 Å². The fraction of sp³-hybridized carbons (Fsp3) is 0.917. The number of nitrogens with one attached hydrogen (secondary N) is 1. The van der Waals surface area contributed by atoms with E-state index in [0.29, 0.717) is 0 Å². The van der Waals surface area contributed by atoms with Crippen LogP contribution in [0.3, 0.4) is 0 Å². The Kier molecular flexibility index (Phi) is 5.75. The summed E-state index contributed by atoms with van der Waals surface area (Å²) in [5, 5.41) is 2.90. The number of ether oxygens (including phenoxy) is 1. The van der Waals surface area contributed by atoms with E-state index in [-0.39, 0.29) is 30.1 Å². The maximum Gasteiger partial charge on any atom is 0.407 e. The number of carbonyl (C=O) groups is 1. The van der Waals surface area contributed by atoms with E-state index in [2.05, 4.69) is 12.2 Å². The summed E-state index contributed by atoms with van der Waals surface area (Å²) in [6.45, 7) is 7.66. The molecule has 1 fully saturated rings. The van der Waals surface area contributed by atoms with Gasteiger partial charge in [0.2, 0.25) is 0 Å². The van der Waals surface area contributed by atoms with Gasteiger partial charge >= 0.3 is 6.09 Å². The molecule has 0 radical (unpaired) electrons. The molecule has 0 atom stereocenters. The molecule has 0 aliphatic heterocycles. The molecule has 5 heteroatoms. The fourth-order valence-corrected chi connectivity index (χ4v) is 1.90. The minimum Gasteiger partial charge on any atom is -0.444 e. The third kappa shape index (κ3) is 6.74. The molecule has 102 valence electrons. The highest BCUT2D eigenvalue weighted by atomic mass is 35.5. The van der Waals surface area contributed by atoms with Crippen LogP contribution in [0.1, 0.15) is 53.4 Å². The average molecular weight is 265 g/mol. The highest BCUT2D eigenvalue weighted by Gasteiger charge is 2.29. The molecule has 0 aromatic rings. The molecule has 0 aromatic heterocycles. The summed E-state index contributed by atoms with van der Waals surface area (Å²) in [6, 6.07) is 0.214. The van der Waals surface area contributed by atoms with Crippen LogP contribution in [0.2, 0.25) is 0 Å². The van der Waals surface area contributed by atoms with Crippen molar-refractivity contribution in [1.82, 2.24) is 5.32 Å². The second-order valence-corrected chi connectivity index (χ2v) is 6.07. The Labute approximate surface area is 110 Å². The molecule has 0 heterocycles. The molecule has 4 nitrogen and oxygen atoms in total. The zero-order chi connectivity index (χ0) is 12.4. The van der Waals surface area contributed by atoms with Gasteiger partial charge in [0, 0.05) is 11.6 Å². The van der Waals surface area contributed by atoms with Crippen molar-refractivity contribution < 1.29 is 9.53 Å². The van der Waals surface area contributed by atoms with Gasteiger partial charge in [-0.3, -0.25) is 0 Å². The van der Waals surface area contributed by atoms with Gasteiger partial charge in [-0.1, -0.05) is 0 Å². The Morgan fingerprint density at radius 1 is 1.35 bits per heavy atom. The minimum absolute atomic E-state index is 0. The first-order chi connectivity index (χ1) is 7.18. The van der Waals surface area contributed by atoms with Gasteiger partial charge in [-0.15, -0.1) is 12.4 Å².